The fourth-order valence-electron chi connectivity index (χ4n) is 5.23. The molecule has 0 saturated heterocycles. The molecule has 9 nitrogen and oxygen atoms in total. The van der Waals surface area contributed by atoms with Gasteiger partial charge in [0.15, 0.2) is 5.69 Å². The summed E-state index contributed by atoms with van der Waals surface area (Å²) in [4.78, 5) is 34.1. The van der Waals surface area contributed by atoms with Crippen LogP contribution in [0.4, 0.5) is 15.8 Å². The Balaban J connectivity index is 1.51. The number of carbonyl (C=O) groups is 2. The van der Waals surface area contributed by atoms with E-state index in [1.54, 1.807) is 22.9 Å². The van der Waals surface area contributed by atoms with E-state index in [9.17, 15) is 14.0 Å². The molecule has 10 heteroatoms. The standard InChI is InChI=1S/C32H34FN5O4/c1-20(16-21-8-10-23(33)11-9-21)36-24-17-26-29(37-28(39)13-15-41-2)30(32(40)42-3)38(31(26)35-19-24)14-12-22-18-34-27-7-5-4-6-25(22)27/h4-11,17-20,34,36H,12-16H2,1-3H3,(H,37,39). The van der Waals surface area contributed by atoms with Crippen LogP contribution in [0.5, 0.6) is 0 Å². The number of benzene rings is 2. The van der Waals surface area contributed by atoms with Gasteiger partial charge in [-0.3, -0.25) is 4.79 Å². The lowest BCUT2D eigenvalue weighted by Crippen LogP contribution is -2.18. The van der Waals surface area contributed by atoms with Crippen LogP contribution in [0.1, 0.15) is 35.0 Å². The summed E-state index contributed by atoms with van der Waals surface area (Å²) < 4.78 is 25.4. The van der Waals surface area contributed by atoms with Crippen LogP contribution in [0.2, 0.25) is 0 Å². The normalized spacial score (nSPS) is 12.0. The van der Waals surface area contributed by atoms with E-state index in [0.717, 1.165) is 27.7 Å². The van der Waals surface area contributed by atoms with Gasteiger partial charge in [0.25, 0.3) is 0 Å². The number of amides is 1. The second kappa shape index (κ2) is 12.9. The maximum absolute atomic E-state index is 13.3. The van der Waals surface area contributed by atoms with Crippen LogP contribution in [0.25, 0.3) is 21.9 Å². The predicted molar refractivity (Wildman–Crippen MR) is 161 cm³/mol. The van der Waals surface area contributed by atoms with Gasteiger partial charge in [0.2, 0.25) is 5.91 Å². The van der Waals surface area contributed by atoms with Crippen LogP contribution < -0.4 is 10.6 Å². The van der Waals surface area contributed by atoms with E-state index in [0.29, 0.717) is 36.1 Å². The SMILES string of the molecule is COCCC(=O)Nc1c(C(=O)OC)n(CCc2c[nH]c3ccccc23)c2ncc(NC(C)Cc3ccc(F)cc3)cc12. The minimum absolute atomic E-state index is 0.00140. The number of fused-ring (bicyclic) bond motifs is 2. The van der Waals surface area contributed by atoms with E-state index >= 15 is 0 Å². The molecule has 0 bridgehead atoms. The molecule has 0 aliphatic carbocycles. The number of methoxy groups -OCH3 is 2. The fourth-order valence-corrected chi connectivity index (χ4v) is 5.23. The van der Waals surface area contributed by atoms with Gasteiger partial charge in [-0.05, 0) is 55.2 Å². The second-order valence-electron chi connectivity index (χ2n) is 10.2. The Labute approximate surface area is 243 Å². The van der Waals surface area contributed by atoms with E-state index in [1.165, 1.54) is 26.4 Å². The van der Waals surface area contributed by atoms with Gasteiger partial charge >= 0.3 is 5.97 Å². The van der Waals surface area contributed by atoms with Gasteiger partial charge in [-0.15, -0.1) is 0 Å². The third-order valence-corrected chi connectivity index (χ3v) is 7.22. The molecule has 0 fully saturated rings. The molecule has 42 heavy (non-hydrogen) atoms. The molecular weight excluding hydrogens is 537 g/mol. The van der Waals surface area contributed by atoms with Gasteiger partial charge < -0.3 is 29.7 Å². The summed E-state index contributed by atoms with van der Waals surface area (Å²) in [5, 5.41) is 8.08. The Morgan fingerprint density at radius 1 is 1.10 bits per heavy atom. The first-order valence-corrected chi connectivity index (χ1v) is 13.8. The number of ether oxygens (including phenoxy) is 2. The summed E-state index contributed by atoms with van der Waals surface area (Å²) in [6, 6.07) is 16.3. The van der Waals surface area contributed by atoms with Crippen LogP contribution in [0, 0.1) is 5.82 Å². The number of nitrogens with one attached hydrogen (secondary N) is 3. The number of esters is 1. The molecule has 0 aliphatic rings. The molecule has 0 aliphatic heterocycles. The largest absolute Gasteiger partial charge is 0.464 e. The number of halogens is 1. The highest BCUT2D eigenvalue weighted by Gasteiger charge is 2.26. The van der Waals surface area contributed by atoms with E-state index in [4.69, 9.17) is 14.5 Å². The summed E-state index contributed by atoms with van der Waals surface area (Å²) in [7, 11) is 2.84. The maximum atomic E-state index is 13.3. The zero-order valence-corrected chi connectivity index (χ0v) is 23.9. The summed E-state index contributed by atoms with van der Waals surface area (Å²) in [6.07, 6.45) is 5.09. The van der Waals surface area contributed by atoms with E-state index < -0.39 is 5.97 Å². The smallest absolute Gasteiger partial charge is 0.356 e. The minimum atomic E-state index is -0.576. The highest BCUT2D eigenvalue weighted by Crippen LogP contribution is 2.33. The number of hydrogen-bond acceptors (Lipinski definition) is 6. The summed E-state index contributed by atoms with van der Waals surface area (Å²) in [5.41, 5.74) is 4.97. The first-order chi connectivity index (χ1) is 20.4. The number of aromatic amines is 1. The Hall–Kier alpha value is -4.70. The first kappa shape index (κ1) is 28.8. The zero-order chi connectivity index (χ0) is 29.6. The molecule has 0 saturated carbocycles. The Morgan fingerprint density at radius 2 is 1.88 bits per heavy atom. The van der Waals surface area contributed by atoms with Crippen molar-refractivity contribution in [3.63, 3.8) is 0 Å². The summed E-state index contributed by atoms with van der Waals surface area (Å²) >= 11 is 0. The predicted octanol–water partition coefficient (Wildman–Crippen LogP) is 5.70. The van der Waals surface area contributed by atoms with Crippen molar-refractivity contribution < 1.29 is 23.5 Å². The number of pyridine rings is 1. The van der Waals surface area contributed by atoms with Gasteiger partial charge in [0.1, 0.15) is 11.5 Å². The molecule has 2 aromatic carbocycles. The number of para-hydroxylation sites is 1. The molecule has 1 unspecified atom stereocenters. The quantitative estimate of drug-likeness (QED) is 0.166. The molecule has 3 aromatic heterocycles. The van der Waals surface area contributed by atoms with Crippen LogP contribution >= 0.6 is 0 Å². The number of nitrogens with zero attached hydrogens (tertiary/aromatic N) is 2. The van der Waals surface area contributed by atoms with Crippen LogP contribution in [0.3, 0.4) is 0 Å². The summed E-state index contributed by atoms with van der Waals surface area (Å²) in [5.74, 6) is -1.14. The van der Waals surface area contributed by atoms with E-state index in [2.05, 4.69) is 21.7 Å². The van der Waals surface area contributed by atoms with Gasteiger partial charge in [0, 0.05) is 42.2 Å². The molecule has 3 heterocycles. The zero-order valence-electron chi connectivity index (χ0n) is 23.9. The van der Waals surface area contributed by atoms with Gasteiger partial charge in [0.05, 0.1) is 37.7 Å². The van der Waals surface area contributed by atoms with Crippen molar-refractivity contribution in [2.75, 3.05) is 31.5 Å². The lowest BCUT2D eigenvalue weighted by molar-refractivity contribution is -0.117. The third-order valence-electron chi connectivity index (χ3n) is 7.22. The Morgan fingerprint density at radius 3 is 2.64 bits per heavy atom. The number of rotatable bonds is 12. The molecule has 0 radical (unpaired) electrons. The molecule has 5 rings (SSSR count). The number of H-pyrrole nitrogens is 1. The van der Waals surface area contributed by atoms with Crippen LogP contribution in [0.15, 0.2) is 67.0 Å². The van der Waals surface area contributed by atoms with Crippen molar-refractivity contribution in [3.05, 3.63) is 89.6 Å². The lowest BCUT2D eigenvalue weighted by atomic mass is 10.1. The van der Waals surface area contributed by atoms with Crippen molar-refractivity contribution in [2.24, 2.45) is 0 Å². The molecule has 218 valence electrons. The Kier molecular flexibility index (Phi) is 8.83. The van der Waals surface area contributed by atoms with Crippen LogP contribution in [-0.4, -0.2) is 53.3 Å². The van der Waals surface area contributed by atoms with E-state index in [-0.39, 0.29) is 36.5 Å². The van der Waals surface area contributed by atoms with Gasteiger partial charge in [-0.2, -0.15) is 0 Å². The van der Waals surface area contributed by atoms with Crippen LogP contribution in [-0.2, 0) is 33.7 Å². The topological polar surface area (TPSA) is 110 Å². The minimum Gasteiger partial charge on any atom is -0.464 e. The van der Waals surface area contributed by atoms with Crippen molar-refractivity contribution in [2.45, 2.75) is 38.8 Å². The lowest BCUT2D eigenvalue weighted by Gasteiger charge is -2.15. The average molecular weight is 572 g/mol. The van der Waals surface area contributed by atoms with E-state index in [1.807, 2.05) is 37.4 Å². The number of anilines is 2. The maximum Gasteiger partial charge on any atom is 0.356 e. The third kappa shape index (κ3) is 6.28. The number of hydrogen-bond donors (Lipinski definition) is 3. The number of aryl methyl sites for hydroxylation is 2. The van der Waals surface area contributed by atoms with Crippen molar-refractivity contribution in [3.8, 4) is 0 Å². The highest BCUT2D eigenvalue weighted by atomic mass is 19.1. The van der Waals surface area contributed by atoms with Crippen molar-refractivity contribution in [1.82, 2.24) is 14.5 Å². The number of aromatic nitrogens is 3. The first-order valence-electron chi connectivity index (χ1n) is 13.8. The second-order valence-corrected chi connectivity index (χ2v) is 10.2. The number of carbonyl (C=O) groups excluding carboxylic acids is 2. The monoisotopic (exact) mass is 571 g/mol. The van der Waals surface area contributed by atoms with Gasteiger partial charge in [-0.1, -0.05) is 30.3 Å². The molecule has 1 amide bonds. The highest BCUT2D eigenvalue weighted by molar-refractivity contribution is 6.11. The molecule has 0 spiro atoms. The Bertz CT molecular complexity index is 1710. The van der Waals surface area contributed by atoms with Crippen molar-refractivity contribution in [1.29, 1.82) is 0 Å². The van der Waals surface area contributed by atoms with Gasteiger partial charge in [-0.25, -0.2) is 14.2 Å². The molecule has 5 aromatic rings. The molecule has 1 atom stereocenters. The average Bonchev–Trinajstić information content (AvgIpc) is 3.54. The fraction of sp³-hybridized carbons (Fsp3) is 0.281. The molecular formula is C32H34FN5O4. The van der Waals surface area contributed by atoms with Crippen molar-refractivity contribution >= 4 is 45.2 Å². The molecule has 3 N–H and O–H groups in total. The summed E-state index contributed by atoms with van der Waals surface area (Å²) in [6.45, 7) is 2.69.